The van der Waals surface area contributed by atoms with Gasteiger partial charge in [0.25, 0.3) is 0 Å². The van der Waals surface area contributed by atoms with Crippen LogP contribution in [0.4, 0.5) is 11.4 Å². The lowest BCUT2D eigenvalue weighted by Gasteiger charge is -2.14. The van der Waals surface area contributed by atoms with Crippen molar-refractivity contribution in [1.29, 1.82) is 5.26 Å². The Labute approximate surface area is 161 Å². The van der Waals surface area contributed by atoms with Crippen LogP contribution in [0, 0.1) is 11.3 Å². The highest BCUT2D eigenvalue weighted by molar-refractivity contribution is 6.36. The fraction of sp³-hybridized carbons (Fsp3) is 0.158. The fourth-order valence-electron chi connectivity index (χ4n) is 2.45. The van der Waals surface area contributed by atoms with E-state index in [-0.39, 0.29) is 0 Å². The highest BCUT2D eigenvalue weighted by Gasteiger charge is 2.12. The summed E-state index contributed by atoms with van der Waals surface area (Å²) in [5.41, 5.74) is 2.40. The molecule has 0 fully saturated rings. The molecule has 0 spiro atoms. The van der Waals surface area contributed by atoms with Crippen molar-refractivity contribution in [3.05, 3.63) is 58.2 Å². The first-order chi connectivity index (χ1) is 12.6. The highest BCUT2D eigenvalue weighted by atomic mass is 35.5. The standard InChI is InChI=1S/C19H15Cl2N3O2/c1-25-6-7-26-14-3-4-15-18(9-14)23-11-12(10-22)19(15)24-17-5-2-13(20)8-16(17)21/h2-5,8-9,11H,6-7H2,1H3,(H,23,24). The molecule has 132 valence electrons. The molecule has 26 heavy (non-hydrogen) atoms. The molecule has 0 aliphatic carbocycles. The molecule has 0 amide bonds. The SMILES string of the molecule is COCCOc1ccc2c(Nc3ccc(Cl)cc3Cl)c(C#N)cnc2c1. The molecular weight excluding hydrogens is 373 g/mol. The van der Waals surface area contributed by atoms with Gasteiger partial charge in [-0.2, -0.15) is 5.26 Å². The Morgan fingerprint density at radius 3 is 2.73 bits per heavy atom. The van der Waals surface area contributed by atoms with Crippen LogP contribution in [0.5, 0.6) is 5.75 Å². The molecular formula is C19H15Cl2N3O2. The van der Waals surface area contributed by atoms with Crippen LogP contribution in [0.15, 0.2) is 42.6 Å². The number of benzene rings is 2. The predicted molar refractivity (Wildman–Crippen MR) is 104 cm³/mol. The zero-order chi connectivity index (χ0) is 18.5. The normalized spacial score (nSPS) is 10.5. The summed E-state index contributed by atoms with van der Waals surface area (Å²) in [6, 6.07) is 12.8. The summed E-state index contributed by atoms with van der Waals surface area (Å²) >= 11 is 12.2. The van der Waals surface area contributed by atoms with Gasteiger partial charge < -0.3 is 14.8 Å². The van der Waals surface area contributed by atoms with E-state index in [9.17, 15) is 5.26 Å². The number of nitriles is 1. The lowest BCUT2D eigenvalue weighted by Crippen LogP contribution is -2.04. The second kappa shape index (κ2) is 8.24. The summed E-state index contributed by atoms with van der Waals surface area (Å²) in [6.45, 7) is 0.949. The highest BCUT2D eigenvalue weighted by Crippen LogP contribution is 2.34. The van der Waals surface area contributed by atoms with Gasteiger partial charge in [0.15, 0.2) is 0 Å². The number of pyridine rings is 1. The van der Waals surface area contributed by atoms with Gasteiger partial charge >= 0.3 is 0 Å². The number of halogens is 2. The smallest absolute Gasteiger partial charge is 0.121 e. The lowest BCUT2D eigenvalue weighted by atomic mass is 10.1. The average molecular weight is 388 g/mol. The molecule has 0 aliphatic rings. The molecule has 7 heteroatoms. The number of methoxy groups -OCH3 is 1. The quantitative estimate of drug-likeness (QED) is 0.590. The maximum absolute atomic E-state index is 9.44. The van der Waals surface area contributed by atoms with Gasteiger partial charge in [0, 0.05) is 29.8 Å². The van der Waals surface area contributed by atoms with Gasteiger partial charge in [-0.3, -0.25) is 4.98 Å². The molecule has 0 atom stereocenters. The van der Waals surface area contributed by atoms with Crippen LogP contribution in [0.2, 0.25) is 10.0 Å². The number of hydrogen-bond acceptors (Lipinski definition) is 5. The molecule has 0 saturated carbocycles. The monoisotopic (exact) mass is 387 g/mol. The largest absolute Gasteiger partial charge is 0.491 e. The number of fused-ring (bicyclic) bond motifs is 1. The lowest BCUT2D eigenvalue weighted by molar-refractivity contribution is 0.146. The molecule has 0 unspecified atom stereocenters. The molecule has 3 aromatic rings. The minimum Gasteiger partial charge on any atom is -0.491 e. The van der Waals surface area contributed by atoms with Crippen LogP contribution in [-0.2, 0) is 4.74 Å². The van der Waals surface area contributed by atoms with E-state index in [0.29, 0.717) is 51.5 Å². The van der Waals surface area contributed by atoms with Crippen LogP contribution < -0.4 is 10.1 Å². The Hall–Kier alpha value is -2.52. The van der Waals surface area contributed by atoms with Crippen LogP contribution in [-0.4, -0.2) is 25.3 Å². The Morgan fingerprint density at radius 2 is 2.00 bits per heavy atom. The fourth-order valence-corrected chi connectivity index (χ4v) is 2.91. The summed E-state index contributed by atoms with van der Waals surface area (Å²) in [7, 11) is 1.62. The molecule has 1 heterocycles. The van der Waals surface area contributed by atoms with E-state index in [1.54, 1.807) is 25.3 Å². The molecule has 0 aliphatic heterocycles. The third-order valence-electron chi connectivity index (χ3n) is 3.71. The molecule has 3 rings (SSSR count). The summed E-state index contributed by atoms with van der Waals surface area (Å²) in [4.78, 5) is 4.35. The van der Waals surface area contributed by atoms with Crippen LogP contribution in [0.3, 0.4) is 0 Å². The molecule has 0 saturated heterocycles. The zero-order valence-electron chi connectivity index (χ0n) is 13.9. The Morgan fingerprint density at radius 1 is 1.15 bits per heavy atom. The van der Waals surface area contributed by atoms with Crippen molar-refractivity contribution in [3.8, 4) is 11.8 Å². The van der Waals surface area contributed by atoms with E-state index in [0.717, 1.165) is 5.39 Å². The van der Waals surface area contributed by atoms with E-state index in [4.69, 9.17) is 32.7 Å². The van der Waals surface area contributed by atoms with Gasteiger partial charge in [-0.1, -0.05) is 23.2 Å². The second-order valence-electron chi connectivity index (χ2n) is 5.43. The average Bonchev–Trinajstić information content (AvgIpc) is 2.64. The topological polar surface area (TPSA) is 67.2 Å². The van der Waals surface area contributed by atoms with E-state index in [1.165, 1.54) is 6.20 Å². The van der Waals surface area contributed by atoms with Gasteiger partial charge in [0.1, 0.15) is 18.4 Å². The first-order valence-corrected chi connectivity index (χ1v) is 8.54. The van der Waals surface area contributed by atoms with Crippen molar-refractivity contribution in [2.45, 2.75) is 0 Å². The molecule has 2 aromatic carbocycles. The molecule has 0 radical (unpaired) electrons. The Kier molecular flexibility index (Phi) is 5.79. The summed E-state index contributed by atoms with van der Waals surface area (Å²) in [5, 5.41) is 14.5. The maximum Gasteiger partial charge on any atom is 0.121 e. The van der Waals surface area contributed by atoms with Crippen molar-refractivity contribution < 1.29 is 9.47 Å². The van der Waals surface area contributed by atoms with Crippen molar-refractivity contribution in [2.24, 2.45) is 0 Å². The third-order valence-corrected chi connectivity index (χ3v) is 4.26. The van der Waals surface area contributed by atoms with E-state index < -0.39 is 0 Å². The van der Waals surface area contributed by atoms with Crippen molar-refractivity contribution in [3.63, 3.8) is 0 Å². The third kappa shape index (κ3) is 4.00. The minimum atomic E-state index is 0.413. The van der Waals surface area contributed by atoms with Crippen molar-refractivity contribution >= 4 is 45.5 Å². The van der Waals surface area contributed by atoms with Crippen molar-refractivity contribution in [2.75, 3.05) is 25.6 Å². The van der Waals surface area contributed by atoms with Crippen molar-refractivity contribution in [1.82, 2.24) is 4.98 Å². The summed E-state index contributed by atoms with van der Waals surface area (Å²) in [5.74, 6) is 0.683. The van der Waals surface area contributed by atoms with Gasteiger partial charge in [0.2, 0.25) is 0 Å². The Balaban J connectivity index is 2.00. The van der Waals surface area contributed by atoms with Gasteiger partial charge in [-0.05, 0) is 30.3 Å². The minimum absolute atomic E-state index is 0.413. The van der Waals surface area contributed by atoms with E-state index in [2.05, 4.69) is 16.4 Å². The van der Waals surface area contributed by atoms with Crippen LogP contribution in [0.1, 0.15) is 5.56 Å². The summed E-state index contributed by atoms with van der Waals surface area (Å²) < 4.78 is 10.6. The molecule has 0 bridgehead atoms. The number of nitrogens with one attached hydrogen (secondary N) is 1. The molecule has 1 aromatic heterocycles. The van der Waals surface area contributed by atoms with Gasteiger partial charge in [0.05, 0.1) is 34.1 Å². The zero-order valence-corrected chi connectivity index (χ0v) is 15.4. The number of rotatable bonds is 6. The number of ether oxygens (including phenoxy) is 2. The first kappa shape index (κ1) is 18.3. The van der Waals surface area contributed by atoms with Crippen LogP contribution in [0.25, 0.3) is 10.9 Å². The number of aromatic nitrogens is 1. The maximum atomic E-state index is 9.44. The van der Waals surface area contributed by atoms with Gasteiger partial charge in [-0.15, -0.1) is 0 Å². The molecule has 1 N–H and O–H groups in total. The number of anilines is 2. The van der Waals surface area contributed by atoms with E-state index >= 15 is 0 Å². The predicted octanol–water partition coefficient (Wildman–Crippen LogP) is 5.18. The molecule has 5 nitrogen and oxygen atoms in total. The number of nitrogens with zero attached hydrogens (tertiary/aromatic N) is 2. The van der Waals surface area contributed by atoms with Gasteiger partial charge in [-0.25, -0.2) is 0 Å². The number of hydrogen-bond donors (Lipinski definition) is 1. The van der Waals surface area contributed by atoms with Crippen LogP contribution >= 0.6 is 23.2 Å². The van der Waals surface area contributed by atoms with E-state index in [1.807, 2.05) is 18.2 Å². The summed E-state index contributed by atoms with van der Waals surface area (Å²) in [6.07, 6.45) is 1.52. The Bertz CT molecular complexity index is 986. The first-order valence-electron chi connectivity index (χ1n) is 7.79. The second-order valence-corrected chi connectivity index (χ2v) is 6.27.